The fraction of sp³-hybridized carbons (Fsp3) is 0.375. The number of hydrogen-bond acceptors (Lipinski definition) is 2. The molecule has 20 heavy (non-hydrogen) atoms. The molecule has 0 saturated carbocycles. The van der Waals surface area contributed by atoms with E-state index in [0.29, 0.717) is 28.3 Å². The number of rotatable bonds is 5. The van der Waals surface area contributed by atoms with Crippen LogP contribution in [-0.2, 0) is 6.54 Å². The lowest BCUT2D eigenvalue weighted by atomic mass is 10.1. The molecule has 3 nitrogen and oxygen atoms in total. The Labute approximate surface area is 118 Å². The van der Waals surface area contributed by atoms with Gasteiger partial charge in [-0.25, -0.2) is 4.39 Å². The molecule has 0 radical (unpaired) electrons. The number of halogens is 1. The lowest BCUT2D eigenvalue weighted by Crippen LogP contribution is -2.02. The molecular formula is C16H19FN2O. The fourth-order valence-corrected chi connectivity index (χ4v) is 1.99. The number of carbonyl (C=O) groups is 1. The Hall–Kier alpha value is -1.97. The largest absolute Gasteiger partial charge is 0.298 e. The smallest absolute Gasteiger partial charge is 0.153 e. The van der Waals surface area contributed by atoms with Crippen LogP contribution in [0.15, 0.2) is 24.4 Å². The Morgan fingerprint density at radius 3 is 2.75 bits per heavy atom. The first kappa shape index (κ1) is 14.4. The topological polar surface area (TPSA) is 34.9 Å². The zero-order valence-electron chi connectivity index (χ0n) is 12.1. The van der Waals surface area contributed by atoms with Gasteiger partial charge in [0.1, 0.15) is 11.5 Å². The van der Waals surface area contributed by atoms with E-state index in [9.17, 15) is 9.18 Å². The van der Waals surface area contributed by atoms with Gasteiger partial charge in [0.25, 0.3) is 0 Å². The Morgan fingerprint density at radius 1 is 1.40 bits per heavy atom. The predicted molar refractivity (Wildman–Crippen MR) is 77.2 cm³/mol. The molecule has 1 heterocycles. The molecular weight excluding hydrogens is 255 g/mol. The number of aldehydes is 1. The van der Waals surface area contributed by atoms with Crippen LogP contribution in [0.25, 0.3) is 11.3 Å². The van der Waals surface area contributed by atoms with E-state index in [1.807, 2.05) is 0 Å². The van der Waals surface area contributed by atoms with E-state index in [-0.39, 0.29) is 5.82 Å². The van der Waals surface area contributed by atoms with Crippen LogP contribution in [0.3, 0.4) is 0 Å². The summed E-state index contributed by atoms with van der Waals surface area (Å²) in [6.45, 7) is 6.74. The third kappa shape index (κ3) is 3.13. The van der Waals surface area contributed by atoms with E-state index < -0.39 is 0 Å². The number of nitrogens with zero attached hydrogens (tertiary/aromatic N) is 2. The van der Waals surface area contributed by atoms with Crippen LogP contribution in [0.5, 0.6) is 0 Å². The van der Waals surface area contributed by atoms with Gasteiger partial charge in [-0.3, -0.25) is 9.48 Å². The van der Waals surface area contributed by atoms with Gasteiger partial charge in [0.2, 0.25) is 0 Å². The van der Waals surface area contributed by atoms with Crippen molar-refractivity contribution >= 4 is 6.29 Å². The molecule has 0 bridgehead atoms. The van der Waals surface area contributed by atoms with Gasteiger partial charge in [-0.2, -0.15) is 5.10 Å². The normalized spacial score (nSPS) is 11.1. The monoisotopic (exact) mass is 274 g/mol. The molecule has 4 heteroatoms. The highest BCUT2D eigenvalue weighted by Crippen LogP contribution is 2.23. The van der Waals surface area contributed by atoms with Crippen LogP contribution < -0.4 is 0 Å². The molecule has 0 amide bonds. The molecule has 0 saturated heterocycles. The van der Waals surface area contributed by atoms with E-state index in [0.717, 1.165) is 19.3 Å². The molecule has 1 aromatic carbocycles. The maximum atomic E-state index is 13.6. The number of carbonyl (C=O) groups excluding carboxylic acids is 1. The van der Waals surface area contributed by atoms with Crippen molar-refractivity contribution < 1.29 is 9.18 Å². The second-order valence-corrected chi connectivity index (χ2v) is 5.46. The third-order valence-corrected chi connectivity index (χ3v) is 3.30. The summed E-state index contributed by atoms with van der Waals surface area (Å²) >= 11 is 0. The molecule has 2 rings (SSSR count). The molecule has 0 N–H and O–H groups in total. The second kappa shape index (κ2) is 5.99. The van der Waals surface area contributed by atoms with Gasteiger partial charge in [0, 0.05) is 18.3 Å². The van der Waals surface area contributed by atoms with Gasteiger partial charge < -0.3 is 0 Å². The van der Waals surface area contributed by atoms with Crippen LogP contribution in [0, 0.1) is 18.7 Å². The van der Waals surface area contributed by atoms with Crippen molar-refractivity contribution in [2.45, 2.75) is 33.7 Å². The molecule has 0 unspecified atom stereocenters. The molecule has 0 aliphatic rings. The number of benzene rings is 1. The molecule has 0 aliphatic carbocycles. The van der Waals surface area contributed by atoms with E-state index in [1.54, 1.807) is 29.9 Å². The minimum atomic E-state index is -0.281. The maximum absolute atomic E-state index is 13.6. The molecule has 2 aromatic rings. The van der Waals surface area contributed by atoms with E-state index in [2.05, 4.69) is 18.9 Å². The van der Waals surface area contributed by atoms with E-state index in [1.165, 1.54) is 6.07 Å². The van der Waals surface area contributed by atoms with Crippen molar-refractivity contribution in [2.24, 2.45) is 5.92 Å². The molecule has 0 atom stereocenters. The van der Waals surface area contributed by atoms with Crippen LogP contribution in [-0.4, -0.2) is 16.1 Å². The van der Waals surface area contributed by atoms with Gasteiger partial charge in [-0.1, -0.05) is 26.0 Å². The zero-order chi connectivity index (χ0) is 14.7. The highest BCUT2D eigenvalue weighted by Gasteiger charge is 2.12. The molecule has 106 valence electrons. The summed E-state index contributed by atoms with van der Waals surface area (Å²) in [6, 6.07) is 4.92. The molecule has 0 aliphatic heterocycles. The van der Waals surface area contributed by atoms with Gasteiger partial charge in [0.05, 0.1) is 5.56 Å². The second-order valence-electron chi connectivity index (χ2n) is 5.46. The number of aromatic nitrogens is 2. The summed E-state index contributed by atoms with van der Waals surface area (Å²) in [4.78, 5) is 11.2. The summed E-state index contributed by atoms with van der Waals surface area (Å²) in [5.74, 6) is 0.287. The first-order valence-corrected chi connectivity index (χ1v) is 6.80. The molecule has 1 aromatic heterocycles. The Bertz CT molecular complexity index is 617. The van der Waals surface area contributed by atoms with Crippen molar-refractivity contribution in [3.63, 3.8) is 0 Å². The van der Waals surface area contributed by atoms with Crippen molar-refractivity contribution in [2.75, 3.05) is 0 Å². The van der Waals surface area contributed by atoms with E-state index in [4.69, 9.17) is 0 Å². The minimum Gasteiger partial charge on any atom is -0.298 e. The highest BCUT2D eigenvalue weighted by atomic mass is 19.1. The summed E-state index contributed by atoms with van der Waals surface area (Å²) in [6.07, 6.45) is 3.48. The van der Waals surface area contributed by atoms with Gasteiger partial charge in [-0.05, 0) is 30.9 Å². The van der Waals surface area contributed by atoms with Crippen LogP contribution in [0.2, 0.25) is 0 Å². The summed E-state index contributed by atoms with van der Waals surface area (Å²) < 4.78 is 15.4. The summed E-state index contributed by atoms with van der Waals surface area (Å²) in [5.41, 5.74) is 2.26. The van der Waals surface area contributed by atoms with Gasteiger partial charge in [0.15, 0.2) is 6.29 Å². The van der Waals surface area contributed by atoms with Crippen molar-refractivity contribution in [3.8, 4) is 11.3 Å². The van der Waals surface area contributed by atoms with E-state index >= 15 is 0 Å². The zero-order valence-corrected chi connectivity index (χ0v) is 12.1. The van der Waals surface area contributed by atoms with Crippen LogP contribution >= 0.6 is 0 Å². The first-order valence-electron chi connectivity index (χ1n) is 6.80. The number of hydrogen-bond donors (Lipinski definition) is 0. The standard InChI is InChI=1S/C16H19FN2O/c1-11(2)6-7-19-9-14(10-20)16(18-19)13-5-4-12(3)15(17)8-13/h4-5,8-11H,6-7H2,1-3H3. The summed E-state index contributed by atoms with van der Waals surface area (Å²) in [5, 5.41) is 4.41. The third-order valence-electron chi connectivity index (χ3n) is 3.30. The Balaban J connectivity index is 2.34. The Morgan fingerprint density at radius 2 is 2.15 bits per heavy atom. The highest BCUT2D eigenvalue weighted by molar-refractivity contribution is 5.85. The molecule has 0 spiro atoms. The SMILES string of the molecule is Cc1ccc(-c2nn(CCC(C)C)cc2C=O)cc1F. The lowest BCUT2D eigenvalue weighted by Gasteiger charge is -2.04. The van der Waals surface area contributed by atoms with Gasteiger partial charge >= 0.3 is 0 Å². The quantitative estimate of drug-likeness (QED) is 0.776. The van der Waals surface area contributed by atoms with Crippen molar-refractivity contribution in [1.82, 2.24) is 9.78 Å². The maximum Gasteiger partial charge on any atom is 0.153 e. The number of aryl methyl sites for hydroxylation is 2. The predicted octanol–water partition coefficient (Wildman–Crippen LogP) is 3.86. The fourth-order valence-electron chi connectivity index (χ4n) is 1.99. The summed E-state index contributed by atoms with van der Waals surface area (Å²) in [7, 11) is 0. The first-order chi connectivity index (χ1) is 9.51. The Kier molecular flexibility index (Phi) is 4.32. The van der Waals surface area contributed by atoms with Gasteiger partial charge in [-0.15, -0.1) is 0 Å². The van der Waals surface area contributed by atoms with Crippen LogP contribution in [0.1, 0.15) is 36.2 Å². The lowest BCUT2D eigenvalue weighted by molar-refractivity contribution is 0.112. The average Bonchev–Trinajstić information content (AvgIpc) is 2.83. The van der Waals surface area contributed by atoms with Crippen LogP contribution in [0.4, 0.5) is 4.39 Å². The minimum absolute atomic E-state index is 0.281. The molecule has 0 fully saturated rings. The average molecular weight is 274 g/mol. The van der Waals surface area contributed by atoms with Crippen molar-refractivity contribution in [1.29, 1.82) is 0 Å². The van der Waals surface area contributed by atoms with Crippen molar-refractivity contribution in [3.05, 3.63) is 41.3 Å².